The molecule has 1 aliphatic rings. The Morgan fingerprint density at radius 2 is 2.21 bits per heavy atom. The second-order valence-corrected chi connectivity index (χ2v) is 4.15. The van der Waals surface area contributed by atoms with Crippen molar-refractivity contribution in [1.29, 1.82) is 0 Å². The number of allylic oxidation sites excluding steroid dienone is 4. The van der Waals surface area contributed by atoms with Crippen molar-refractivity contribution in [2.24, 2.45) is 5.92 Å². The Labute approximate surface area is 90.8 Å². The molecule has 1 atom stereocenters. The van der Waals surface area contributed by atoms with Gasteiger partial charge in [0.1, 0.15) is 0 Å². The van der Waals surface area contributed by atoms with Gasteiger partial charge in [-0.05, 0) is 32.3 Å². The minimum Gasteiger partial charge on any atom is -0.292 e. The van der Waals surface area contributed by atoms with Crippen molar-refractivity contribution in [2.75, 3.05) is 0 Å². The van der Waals surface area contributed by atoms with E-state index in [1.807, 2.05) is 19.9 Å². The quantitative estimate of drug-likeness (QED) is 0.648. The number of ketones is 1. The highest BCUT2D eigenvalue weighted by atomic mass is 35.5. The molecular weight excluding hydrogens is 196 g/mol. The van der Waals surface area contributed by atoms with Gasteiger partial charge in [0, 0.05) is 0 Å². The number of carbonyl (C=O) groups excluding carboxylic acids is 1. The molecule has 0 fully saturated rings. The molecule has 0 saturated carbocycles. The number of hydrogen-bond donors (Lipinski definition) is 0. The number of unbranched alkanes of at least 4 members (excludes halogenated alkanes) is 1. The van der Waals surface area contributed by atoms with Crippen LogP contribution < -0.4 is 0 Å². The Morgan fingerprint density at radius 3 is 2.71 bits per heavy atom. The van der Waals surface area contributed by atoms with E-state index in [1.54, 1.807) is 0 Å². The predicted octanol–water partition coefficient (Wildman–Crippen LogP) is 3.83. The molecule has 1 unspecified atom stereocenters. The van der Waals surface area contributed by atoms with E-state index in [2.05, 4.69) is 6.92 Å². The summed E-state index contributed by atoms with van der Waals surface area (Å²) in [6.07, 6.45) is 5.23. The predicted molar refractivity (Wildman–Crippen MR) is 60.3 cm³/mol. The van der Waals surface area contributed by atoms with Crippen LogP contribution in [0.5, 0.6) is 0 Å². The summed E-state index contributed by atoms with van der Waals surface area (Å²) in [7, 11) is 0. The molecule has 0 amide bonds. The van der Waals surface area contributed by atoms with Crippen LogP contribution in [0, 0.1) is 5.92 Å². The molecule has 0 heterocycles. The number of Topliss-reactive ketones (excluding diaryl/α,β-unsaturated/α-hetero) is 1. The third-order valence-electron chi connectivity index (χ3n) is 2.82. The van der Waals surface area contributed by atoms with Gasteiger partial charge in [-0.2, -0.15) is 0 Å². The third-order valence-corrected chi connectivity index (χ3v) is 3.25. The van der Waals surface area contributed by atoms with Gasteiger partial charge in [0.25, 0.3) is 0 Å². The van der Waals surface area contributed by atoms with Gasteiger partial charge in [-0.15, -0.1) is 0 Å². The van der Waals surface area contributed by atoms with Crippen LogP contribution in [-0.2, 0) is 4.79 Å². The SMILES string of the molecule is C/C=C(\C)C1C(=O)C(Cl)=C1CCCC. The molecule has 0 aromatic heterocycles. The van der Waals surface area contributed by atoms with E-state index in [9.17, 15) is 4.79 Å². The summed E-state index contributed by atoms with van der Waals surface area (Å²) >= 11 is 5.90. The maximum absolute atomic E-state index is 11.5. The first kappa shape index (κ1) is 11.5. The Morgan fingerprint density at radius 1 is 1.57 bits per heavy atom. The highest BCUT2D eigenvalue weighted by Gasteiger charge is 2.37. The van der Waals surface area contributed by atoms with E-state index in [-0.39, 0.29) is 11.7 Å². The lowest BCUT2D eigenvalue weighted by Crippen LogP contribution is -2.29. The fourth-order valence-corrected chi connectivity index (χ4v) is 2.07. The van der Waals surface area contributed by atoms with Crippen LogP contribution in [0.15, 0.2) is 22.3 Å². The van der Waals surface area contributed by atoms with Crippen LogP contribution in [0.4, 0.5) is 0 Å². The van der Waals surface area contributed by atoms with Crippen LogP contribution in [0.25, 0.3) is 0 Å². The molecule has 0 aromatic rings. The lowest BCUT2D eigenvalue weighted by atomic mass is 9.76. The average molecular weight is 213 g/mol. The van der Waals surface area contributed by atoms with Crippen molar-refractivity contribution in [1.82, 2.24) is 0 Å². The Balaban J connectivity index is 2.77. The Bertz CT molecular complexity index is 299. The minimum absolute atomic E-state index is 0.000880. The molecule has 78 valence electrons. The van der Waals surface area contributed by atoms with Crippen molar-refractivity contribution in [2.45, 2.75) is 40.0 Å². The van der Waals surface area contributed by atoms with Gasteiger partial charge in [0.15, 0.2) is 5.78 Å². The highest BCUT2D eigenvalue weighted by molar-refractivity contribution is 6.46. The first-order valence-electron chi connectivity index (χ1n) is 5.19. The molecular formula is C12H17ClO. The first-order chi connectivity index (χ1) is 6.63. The zero-order valence-corrected chi connectivity index (χ0v) is 9.82. The van der Waals surface area contributed by atoms with Crippen LogP contribution in [0.2, 0.25) is 0 Å². The first-order valence-corrected chi connectivity index (χ1v) is 5.56. The number of hydrogen-bond acceptors (Lipinski definition) is 1. The fourth-order valence-electron chi connectivity index (χ4n) is 1.76. The number of halogens is 1. The van der Waals surface area contributed by atoms with Crippen molar-refractivity contribution in [3.05, 3.63) is 22.3 Å². The smallest absolute Gasteiger partial charge is 0.185 e. The zero-order valence-electron chi connectivity index (χ0n) is 9.06. The van der Waals surface area contributed by atoms with Crippen molar-refractivity contribution < 1.29 is 4.79 Å². The largest absolute Gasteiger partial charge is 0.292 e. The molecule has 0 aromatic carbocycles. The lowest BCUT2D eigenvalue weighted by Gasteiger charge is -2.29. The van der Waals surface area contributed by atoms with Gasteiger partial charge in [0.05, 0.1) is 11.0 Å². The molecule has 2 heteroatoms. The van der Waals surface area contributed by atoms with Gasteiger partial charge in [-0.3, -0.25) is 4.79 Å². The summed E-state index contributed by atoms with van der Waals surface area (Å²) in [6.45, 7) is 6.11. The Kier molecular flexibility index (Phi) is 3.94. The molecule has 0 N–H and O–H groups in total. The second kappa shape index (κ2) is 4.79. The summed E-state index contributed by atoms with van der Waals surface area (Å²) in [4.78, 5) is 11.5. The summed E-state index contributed by atoms with van der Waals surface area (Å²) < 4.78 is 0. The van der Waals surface area contributed by atoms with Crippen LogP contribution in [0.3, 0.4) is 0 Å². The molecule has 1 nitrogen and oxygen atoms in total. The van der Waals surface area contributed by atoms with Gasteiger partial charge in [0.2, 0.25) is 0 Å². The molecule has 0 radical (unpaired) electrons. The van der Waals surface area contributed by atoms with Crippen molar-refractivity contribution in [3.8, 4) is 0 Å². The van der Waals surface area contributed by atoms with E-state index in [0.29, 0.717) is 5.03 Å². The molecule has 0 saturated heterocycles. The Hall–Kier alpha value is -0.560. The van der Waals surface area contributed by atoms with Gasteiger partial charge in [-0.25, -0.2) is 0 Å². The van der Waals surface area contributed by atoms with Crippen molar-refractivity contribution in [3.63, 3.8) is 0 Å². The molecule has 0 spiro atoms. The van der Waals surface area contributed by atoms with Crippen LogP contribution in [-0.4, -0.2) is 5.78 Å². The van der Waals surface area contributed by atoms with Gasteiger partial charge < -0.3 is 0 Å². The molecule has 0 aliphatic heterocycles. The normalized spacial score (nSPS) is 22.7. The fraction of sp³-hybridized carbons (Fsp3) is 0.583. The number of carbonyl (C=O) groups is 1. The monoisotopic (exact) mass is 212 g/mol. The van der Waals surface area contributed by atoms with Crippen LogP contribution in [0.1, 0.15) is 40.0 Å². The summed E-state index contributed by atoms with van der Waals surface area (Å²) in [5, 5.41) is 0.490. The maximum atomic E-state index is 11.5. The number of rotatable bonds is 4. The minimum atomic E-state index is -0.000880. The standard InChI is InChI=1S/C12H17ClO/c1-4-6-7-9-10(8(3)5-2)12(14)11(9)13/h5,10H,4,6-7H2,1-3H3/b8-5+. The lowest BCUT2D eigenvalue weighted by molar-refractivity contribution is -0.118. The molecule has 1 aliphatic carbocycles. The van der Waals surface area contributed by atoms with E-state index in [0.717, 1.165) is 30.4 Å². The highest BCUT2D eigenvalue weighted by Crippen LogP contribution is 2.41. The van der Waals surface area contributed by atoms with Gasteiger partial charge >= 0.3 is 0 Å². The average Bonchev–Trinajstić information content (AvgIpc) is 2.21. The third kappa shape index (κ3) is 1.93. The molecule has 0 bridgehead atoms. The summed E-state index contributed by atoms with van der Waals surface area (Å²) in [6, 6.07) is 0. The van der Waals surface area contributed by atoms with E-state index < -0.39 is 0 Å². The van der Waals surface area contributed by atoms with Crippen molar-refractivity contribution >= 4 is 17.4 Å². The molecule has 1 rings (SSSR count). The second-order valence-electron chi connectivity index (χ2n) is 3.77. The van der Waals surface area contributed by atoms with E-state index >= 15 is 0 Å². The van der Waals surface area contributed by atoms with E-state index in [4.69, 9.17) is 11.6 Å². The summed E-state index contributed by atoms with van der Waals surface area (Å²) in [5.41, 5.74) is 2.28. The van der Waals surface area contributed by atoms with Crippen LogP contribution >= 0.6 is 11.6 Å². The topological polar surface area (TPSA) is 17.1 Å². The van der Waals surface area contributed by atoms with Gasteiger partial charge in [-0.1, -0.05) is 36.6 Å². The zero-order chi connectivity index (χ0) is 10.7. The molecule has 14 heavy (non-hydrogen) atoms. The summed E-state index contributed by atoms with van der Waals surface area (Å²) in [5.74, 6) is 0.104. The maximum Gasteiger partial charge on any atom is 0.185 e. The van der Waals surface area contributed by atoms with E-state index in [1.165, 1.54) is 0 Å².